The molecule has 6 heteroatoms. The molecule has 0 atom stereocenters. The van der Waals surface area contributed by atoms with E-state index in [1.807, 2.05) is 48.5 Å². The molecule has 0 radical (unpaired) electrons. The summed E-state index contributed by atoms with van der Waals surface area (Å²) in [6.07, 6.45) is 2.74. The predicted octanol–water partition coefficient (Wildman–Crippen LogP) is 5.81. The Morgan fingerprint density at radius 2 is 1.66 bits per heavy atom. The third kappa shape index (κ3) is 6.51. The molecule has 0 aliphatic rings. The topological polar surface area (TPSA) is 79.3 Å². The number of hydrogen-bond donors (Lipinski definition) is 2. The molecule has 5 nitrogen and oxygen atoms in total. The highest BCUT2D eigenvalue weighted by Crippen LogP contribution is 2.28. The molecule has 0 bridgehead atoms. The standard InChI is InChI=1S/C29H27FN2O3/c30-25-13-10-21(11-14-25)28-22(8-4-5-9-27(33)34)18-24-19-23(12-15-26(24)32-28)29(35)31-17-16-20-6-2-1-3-7-20/h1-3,6-7,10-15,18-19H,4-5,8-9,16-17H2,(H,31,35)(H,33,34). The highest BCUT2D eigenvalue weighted by atomic mass is 19.1. The lowest BCUT2D eigenvalue weighted by molar-refractivity contribution is -0.137. The number of rotatable bonds is 10. The number of aromatic nitrogens is 1. The van der Waals surface area contributed by atoms with Gasteiger partial charge >= 0.3 is 5.97 Å². The van der Waals surface area contributed by atoms with E-state index in [2.05, 4.69) is 5.32 Å². The Kier molecular flexibility index (Phi) is 7.83. The Morgan fingerprint density at radius 3 is 2.40 bits per heavy atom. The molecule has 1 heterocycles. The Morgan fingerprint density at radius 1 is 0.886 bits per heavy atom. The summed E-state index contributed by atoms with van der Waals surface area (Å²) < 4.78 is 13.5. The number of amides is 1. The lowest BCUT2D eigenvalue weighted by Crippen LogP contribution is -2.25. The van der Waals surface area contributed by atoms with Crippen LogP contribution in [0.25, 0.3) is 22.2 Å². The Bertz CT molecular complexity index is 1320. The van der Waals surface area contributed by atoms with Crippen LogP contribution in [0.5, 0.6) is 0 Å². The van der Waals surface area contributed by atoms with Crippen LogP contribution < -0.4 is 5.32 Å². The number of unbranched alkanes of at least 4 members (excludes halogenated alkanes) is 1. The minimum atomic E-state index is -0.816. The predicted molar refractivity (Wildman–Crippen MR) is 135 cm³/mol. The highest BCUT2D eigenvalue weighted by Gasteiger charge is 2.13. The van der Waals surface area contributed by atoms with Crippen molar-refractivity contribution < 1.29 is 19.1 Å². The molecule has 0 fully saturated rings. The van der Waals surface area contributed by atoms with Crippen molar-refractivity contribution in [3.63, 3.8) is 0 Å². The molecule has 0 saturated carbocycles. The second-order valence-electron chi connectivity index (χ2n) is 8.50. The number of fused-ring (bicyclic) bond motifs is 1. The zero-order valence-corrected chi connectivity index (χ0v) is 19.3. The smallest absolute Gasteiger partial charge is 0.303 e. The molecular formula is C29H27FN2O3. The number of pyridine rings is 1. The van der Waals surface area contributed by atoms with E-state index in [1.54, 1.807) is 18.2 Å². The lowest BCUT2D eigenvalue weighted by atomic mass is 9.98. The van der Waals surface area contributed by atoms with Crippen LogP contribution in [-0.2, 0) is 17.6 Å². The fraction of sp³-hybridized carbons (Fsp3) is 0.207. The first kappa shape index (κ1) is 24.1. The van der Waals surface area contributed by atoms with E-state index in [0.717, 1.165) is 39.7 Å². The van der Waals surface area contributed by atoms with Gasteiger partial charge in [0.15, 0.2) is 0 Å². The molecule has 3 aromatic carbocycles. The number of carbonyl (C=O) groups is 2. The number of aliphatic carboxylic acids is 1. The number of carbonyl (C=O) groups excluding carboxylic acids is 1. The van der Waals surface area contributed by atoms with E-state index in [9.17, 15) is 14.0 Å². The van der Waals surface area contributed by atoms with E-state index in [4.69, 9.17) is 10.1 Å². The van der Waals surface area contributed by atoms with Gasteiger partial charge in [0.25, 0.3) is 5.91 Å². The van der Waals surface area contributed by atoms with Crippen LogP contribution in [0.2, 0.25) is 0 Å². The van der Waals surface area contributed by atoms with Crippen molar-refractivity contribution in [1.82, 2.24) is 10.3 Å². The van der Waals surface area contributed by atoms with Gasteiger partial charge in [0.1, 0.15) is 5.82 Å². The normalized spacial score (nSPS) is 10.9. The Labute approximate surface area is 203 Å². The van der Waals surface area contributed by atoms with Gasteiger partial charge < -0.3 is 10.4 Å². The van der Waals surface area contributed by atoms with Crippen LogP contribution in [0.1, 0.15) is 40.7 Å². The van der Waals surface area contributed by atoms with Crippen LogP contribution in [-0.4, -0.2) is 28.5 Å². The van der Waals surface area contributed by atoms with E-state index in [0.29, 0.717) is 31.4 Å². The van der Waals surface area contributed by atoms with Crippen LogP contribution in [0, 0.1) is 5.82 Å². The maximum Gasteiger partial charge on any atom is 0.303 e. The summed E-state index contributed by atoms with van der Waals surface area (Å²) in [6.45, 7) is 0.539. The fourth-order valence-corrected chi connectivity index (χ4v) is 4.07. The van der Waals surface area contributed by atoms with E-state index >= 15 is 0 Å². The van der Waals surface area contributed by atoms with E-state index < -0.39 is 5.97 Å². The number of nitrogens with one attached hydrogen (secondary N) is 1. The van der Waals surface area contributed by atoms with Gasteiger partial charge in [0.05, 0.1) is 11.2 Å². The maximum absolute atomic E-state index is 13.5. The maximum atomic E-state index is 13.5. The van der Waals surface area contributed by atoms with E-state index in [1.165, 1.54) is 12.1 Å². The van der Waals surface area contributed by atoms with Gasteiger partial charge in [-0.2, -0.15) is 0 Å². The summed E-state index contributed by atoms with van der Waals surface area (Å²) >= 11 is 0. The molecule has 0 saturated heterocycles. The number of nitrogens with zero attached hydrogens (tertiary/aromatic N) is 1. The minimum Gasteiger partial charge on any atom is -0.481 e. The lowest BCUT2D eigenvalue weighted by Gasteiger charge is -2.12. The largest absolute Gasteiger partial charge is 0.481 e. The second-order valence-corrected chi connectivity index (χ2v) is 8.50. The monoisotopic (exact) mass is 470 g/mol. The average Bonchev–Trinajstić information content (AvgIpc) is 2.87. The molecule has 0 aliphatic carbocycles. The molecule has 4 rings (SSSR count). The number of benzene rings is 3. The van der Waals surface area contributed by atoms with Crippen molar-refractivity contribution >= 4 is 22.8 Å². The van der Waals surface area contributed by atoms with E-state index in [-0.39, 0.29) is 18.1 Å². The quantitative estimate of drug-likeness (QED) is 0.287. The number of aryl methyl sites for hydroxylation is 1. The van der Waals surface area contributed by atoms with Gasteiger partial charge in [0.2, 0.25) is 0 Å². The van der Waals surface area contributed by atoms with Gasteiger partial charge in [-0.1, -0.05) is 30.3 Å². The van der Waals surface area contributed by atoms with Gasteiger partial charge in [-0.25, -0.2) is 9.37 Å². The van der Waals surface area contributed by atoms with Crippen LogP contribution in [0.3, 0.4) is 0 Å². The Balaban J connectivity index is 1.56. The molecule has 2 N–H and O–H groups in total. The minimum absolute atomic E-state index is 0.111. The summed E-state index contributed by atoms with van der Waals surface area (Å²) in [6, 6.07) is 23.6. The van der Waals surface area contributed by atoms with Gasteiger partial charge in [-0.05, 0) is 85.3 Å². The van der Waals surface area contributed by atoms with Crippen molar-refractivity contribution in [2.24, 2.45) is 0 Å². The Hall–Kier alpha value is -4.06. The van der Waals surface area contributed by atoms with Crippen LogP contribution in [0.4, 0.5) is 4.39 Å². The zero-order chi connectivity index (χ0) is 24.6. The summed E-state index contributed by atoms with van der Waals surface area (Å²) in [5.41, 5.74) is 4.93. The van der Waals surface area contributed by atoms with Gasteiger partial charge in [-0.15, -0.1) is 0 Å². The SMILES string of the molecule is O=C(O)CCCCc1cc2cc(C(=O)NCCc3ccccc3)ccc2nc1-c1ccc(F)cc1. The van der Waals surface area contributed by atoms with Crippen molar-refractivity contribution in [1.29, 1.82) is 0 Å². The van der Waals surface area contributed by atoms with Crippen molar-refractivity contribution in [2.75, 3.05) is 6.54 Å². The summed E-state index contributed by atoms with van der Waals surface area (Å²) in [7, 11) is 0. The summed E-state index contributed by atoms with van der Waals surface area (Å²) in [4.78, 5) is 28.4. The average molecular weight is 471 g/mol. The highest BCUT2D eigenvalue weighted by molar-refractivity contribution is 5.98. The summed E-state index contributed by atoms with van der Waals surface area (Å²) in [5.74, 6) is -1.28. The number of carboxylic acids is 1. The number of halogens is 1. The molecule has 0 spiro atoms. The zero-order valence-electron chi connectivity index (χ0n) is 19.3. The first-order valence-corrected chi connectivity index (χ1v) is 11.7. The number of hydrogen-bond acceptors (Lipinski definition) is 3. The fourth-order valence-electron chi connectivity index (χ4n) is 4.07. The molecule has 1 amide bonds. The van der Waals surface area contributed by atoms with Crippen molar-refractivity contribution in [2.45, 2.75) is 32.1 Å². The first-order valence-electron chi connectivity index (χ1n) is 11.7. The molecule has 0 unspecified atom stereocenters. The molecule has 1 aromatic heterocycles. The van der Waals surface area contributed by atoms with Crippen molar-refractivity contribution in [3.8, 4) is 11.3 Å². The first-order chi connectivity index (χ1) is 17.0. The molecule has 4 aromatic rings. The molecule has 0 aliphatic heterocycles. The van der Waals surface area contributed by atoms with Crippen LogP contribution >= 0.6 is 0 Å². The number of carboxylic acid groups (broad SMARTS) is 1. The van der Waals surface area contributed by atoms with Crippen LogP contribution in [0.15, 0.2) is 78.9 Å². The molecule has 178 valence electrons. The molecular weight excluding hydrogens is 443 g/mol. The summed E-state index contributed by atoms with van der Waals surface area (Å²) in [5, 5.41) is 12.7. The van der Waals surface area contributed by atoms with Crippen molar-refractivity contribution in [3.05, 3.63) is 101 Å². The third-order valence-electron chi connectivity index (χ3n) is 5.90. The molecule has 35 heavy (non-hydrogen) atoms. The van der Waals surface area contributed by atoms with Gasteiger partial charge in [-0.3, -0.25) is 9.59 Å². The third-order valence-corrected chi connectivity index (χ3v) is 5.90. The second kappa shape index (κ2) is 11.4. The van der Waals surface area contributed by atoms with Gasteiger partial charge in [0, 0.05) is 29.5 Å².